The van der Waals surface area contributed by atoms with Crippen LogP contribution in [-0.4, -0.2) is 19.5 Å². The number of para-hydroxylation sites is 1. The van der Waals surface area contributed by atoms with Crippen LogP contribution < -0.4 is 10.2 Å². The Morgan fingerprint density at radius 1 is 1.41 bits per heavy atom. The first-order chi connectivity index (χ1) is 8.09. The van der Waals surface area contributed by atoms with Crippen molar-refractivity contribution in [1.29, 1.82) is 0 Å². The lowest BCUT2D eigenvalue weighted by Gasteiger charge is -2.25. The molecule has 0 radical (unpaired) electrons. The smallest absolute Gasteiger partial charge is 0.207 e. The standard InChI is InChI=1S/C14H18N2O/c1-11-14(2,3)12-6-4-5-7-13(12)16(11)9-8-15-10-17/h4-7,10H,1,8-9H2,2-3H3,(H,15,17). The predicted molar refractivity (Wildman–Crippen MR) is 70.0 cm³/mol. The number of carbonyl (C=O) groups excluding carboxylic acids is 1. The molecule has 3 nitrogen and oxygen atoms in total. The van der Waals surface area contributed by atoms with E-state index in [0.717, 1.165) is 18.7 Å². The summed E-state index contributed by atoms with van der Waals surface area (Å²) in [5.74, 6) is 0. The van der Waals surface area contributed by atoms with E-state index in [1.54, 1.807) is 0 Å². The number of hydrogen-bond acceptors (Lipinski definition) is 2. The van der Waals surface area contributed by atoms with Gasteiger partial charge in [-0.05, 0) is 11.6 Å². The van der Waals surface area contributed by atoms with Crippen molar-refractivity contribution in [3.8, 4) is 0 Å². The van der Waals surface area contributed by atoms with Gasteiger partial charge < -0.3 is 10.2 Å². The van der Waals surface area contributed by atoms with Crippen LogP contribution in [0.3, 0.4) is 0 Å². The highest BCUT2D eigenvalue weighted by Gasteiger charge is 2.38. The molecule has 1 aliphatic heterocycles. The monoisotopic (exact) mass is 230 g/mol. The fourth-order valence-electron chi connectivity index (χ4n) is 2.37. The second-order valence-corrected chi connectivity index (χ2v) is 4.81. The number of amides is 1. The summed E-state index contributed by atoms with van der Waals surface area (Å²) in [7, 11) is 0. The summed E-state index contributed by atoms with van der Waals surface area (Å²) in [6.07, 6.45) is 0.732. The minimum Gasteiger partial charge on any atom is -0.357 e. The fraction of sp³-hybridized carbons (Fsp3) is 0.357. The van der Waals surface area contributed by atoms with Crippen LogP contribution in [0.2, 0.25) is 0 Å². The molecule has 0 saturated heterocycles. The van der Waals surface area contributed by atoms with Gasteiger partial charge in [-0.3, -0.25) is 4.79 Å². The zero-order chi connectivity index (χ0) is 12.5. The molecule has 1 aliphatic rings. The average Bonchev–Trinajstić information content (AvgIpc) is 2.51. The summed E-state index contributed by atoms with van der Waals surface area (Å²) in [5.41, 5.74) is 3.57. The molecule has 3 heteroatoms. The molecule has 0 bridgehead atoms. The van der Waals surface area contributed by atoms with Crippen molar-refractivity contribution >= 4 is 12.1 Å². The van der Waals surface area contributed by atoms with E-state index in [2.05, 4.69) is 48.8 Å². The van der Waals surface area contributed by atoms with Crippen molar-refractivity contribution in [2.24, 2.45) is 0 Å². The maximum Gasteiger partial charge on any atom is 0.207 e. The molecule has 90 valence electrons. The molecule has 1 N–H and O–H groups in total. The van der Waals surface area contributed by atoms with Gasteiger partial charge in [0.15, 0.2) is 0 Å². The Bertz CT molecular complexity index is 451. The quantitative estimate of drug-likeness (QED) is 0.634. The maximum atomic E-state index is 10.3. The van der Waals surface area contributed by atoms with Gasteiger partial charge in [0.05, 0.1) is 0 Å². The van der Waals surface area contributed by atoms with Gasteiger partial charge in [-0.15, -0.1) is 0 Å². The number of hydrogen-bond donors (Lipinski definition) is 1. The minimum absolute atomic E-state index is 0.0300. The molecule has 1 heterocycles. The van der Waals surface area contributed by atoms with Crippen LogP contribution in [0, 0.1) is 0 Å². The molecule has 0 fully saturated rings. The van der Waals surface area contributed by atoms with Crippen LogP contribution in [0.5, 0.6) is 0 Å². The number of nitrogens with zero attached hydrogens (tertiary/aromatic N) is 1. The van der Waals surface area contributed by atoms with Crippen LogP contribution in [-0.2, 0) is 10.2 Å². The third kappa shape index (κ3) is 1.82. The zero-order valence-corrected chi connectivity index (χ0v) is 10.4. The molecule has 2 rings (SSSR count). The number of rotatable bonds is 4. The van der Waals surface area contributed by atoms with Crippen molar-refractivity contribution in [2.75, 3.05) is 18.0 Å². The lowest BCUT2D eigenvalue weighted by atomic mass is 9.85. The molecule has 1 aromatic rings. The van der Waals surface area contributed by atoms with Crippen LogP contribution >= 0.6 is 0 Å². The largest absolute Gasteiger partial charge is 0.357 e. The summed E-state index contributed by atoms with van der Waals surface area (Å²) in [6, 6.07) is 8.35. The van der Waals surface area contributed by atoms with Crippen molar-refractivity contribution in [1.82, 2.24) is 5.32 Å². The van der Waals surface area contributed by atoms with E-state index in [1.165, 1.54) is 11.3 Å². The SMILES string of the molecule is C=C1N(CCNC=O)c2ccccc2C1(C)C. The molecule has 1 amide bonds. The molecule has 0 unspecified atom stereocenters. The Balaban J connectivity index is 2.29. The Kier molecular flexibility index (Phi) is 2.92. The molecule has 0 aromatic heterocycles. The lowest BCUT2D eigenvalue weighted by molar-refractivity contribution is -0.109. The summed E-state index contributed by atoms with van der Waals surface area (Å²) >= 11 is 0. The number of fused-ring (bicyclic) bond motifs is 1. The van der Waals surface area contributed by atoms with Gasteiger partial charge in [-0.2, -0.15) is 0 Å². The first-order valence-electron chi connectivity index (χ1n) is 5.82. The van der Waals surface area contributed by atoms with Crippen LogP contribution in [0.15, 0.2) is 36.5 Å². The highest BCUT2D eigenvalue weighted by Crippen LogP contribution is 2.46. The van der Waals surface area contributed by atoms with Gasteiger partial charge in [0.25, 0.3) is 0 Å². The van der Waals surface area contributed by atoms with Crippen LogP contribution in [0.25, 0.3) is 0 Å². The minimum atomic E-state index is -0.0300. The van der Waals surface area contributed by atoms with Gasteiger partial charge in [0.1, 0.15) is 0 Å². The molecule has 0 saturated carbocycles. The van der Waals surface area contributed by atoms with Crippen molar-refractivity contribution in [3.63, 3.8) is 0 Å². The fourth-order valence-corrected chi connectivity index (χ4v) is 2.37. The van der Waals surface area contributed by atoms with E-state index in [4.69, 9.17) is 0 Å². The van der Waals surface area contributed by atoms with Crippen molar-refractivity contribution in [3.05, 3.63) is 42.1 Å². The second-order valence-electron chi connectivity index (χ2n) is 4.81. The first kappa shape index (κ1) is 11.7. The van der Waals surface area contributed by atoms with Crippen molar-refractivity contribution < 1.29 is 4.79 Å². The molecule has 1 aromatic carbocycles. The molecular weight excluding hydrogens is 212 g/mol. The topological polar surface area (TPSA) is 32.3 Å². The first-order valence-corrected chi connectivity index (χ1v) is 5.82. The summed E-state index contributed by atoms with van der Waals surface area (Å²) in [6.45, 7) is 9.95. The number of nitrogens with one attached hydrogen (secondary N) is 1. The van der Waals surface area contributed by atoms with Crippen LogP contribution in [0.1, 0.15) is 19.4 Å². The molecule has 0 atom stereocenters. The molecule has 17 heavy (non-hydrogen) atoms. The number of anilines is 1. The highest BCUT2D eigenvalue weighted by molar-refractivity contribution is 5.69. The summed E-state index contributed by atoms with van der Waals surface area (Å²) in [5, 5.41) is 2.69. The Labute approximate surface area is 102 Å². The Morgan fingerprint density at radius 3 is 2.82 bits per heavy atom. The predicted octanol–water partition coefficient (Wildman–Crippen LogP) is 2.04. The average molecular weight is 230 g/mol. The van der Waals surface area contributed by atoms with E-state index in [0.29, 0.717) is 6.54 Å². The van der Waals surface area contributed by atoms with E-state index < -0.39 is 0 Å². The third-order valence-electron chi connectivity index (χ3n) is 3.48. The molecule has 0 aliphatic carbocycles. The zero-order valence-electron chi connectivity index (χ0n) is 10.4. The van der Waals surface area contributed by atoms with Crippen LogP contribution in [0.4, 0.5) is 5.69 Å². The number of benzene rings is 1. The van der Waals surface area contributed by atoms with E-state index in [1.807, 2.05) is 6.07 Å². The van der Waals surface area contributed by atoms with E-state index in [-0.39, 0.29) is 5.41 Å². The summed E-state index contributed by atoms with van der Waals surface area (Å²) in [4.78, 5) is 12.5. The Hall–Kier alpha value is -1.77. The van der Waals surface area contributed by atoms with Gasteiger partial charge in [-0.1, -0.05) is 38.6 Å². The van der Waals surface area contributed by atoms with E-state index in [9.17, 15) is 4.79 Å². The van der Waals surface area contributed by atoms with Gasteiger partial charge in [-0.25, -0.2) is 0 Å². The second kappa shape index (κ2) is 4.24. The number of carbonyl (C=O) groups is 1. The molecular formula is C14H18N2O. The molecule has 0 spiro atoms. The van der Waals surface area contributed by atoms with Gasteiger partial charge >= 0.3 is 0 Å². The highest BCUT2D eigenvalue weighted by atomic mass is 16.1. The maximum absolute atomic E-state index is 10.3. The number of allylic oxidation sites excluding steroid dienone is 1. The normalized spacial score (nSPS) is 16.8. The van der Waals surface area contributed by atoms with Crippen molar-refractivity contribution in [2.45, 2.75) is 19.3 Å². The van der Waals surface area contributed by atoms with Gasteiger partial charge in [0, 0.05) is 29.9 Å². The third-order valence-corrected chi connectivity index (χ3v) is 3.48. The van der Waals surface area contributed by atoms with Gasteiger partial charge in [0.2, 0.25) is 6.41 Å². The Morgan fingerprint density at radius 2 is 2.12 bits per heavy atom. The van der Waals surface area contributed by atoms with E-state index >= 15 is 0 Å². The lowest BCUT2D eigenvalue weighted by Crippen LogP contribution is -2.31. The summed E-state index contributed by atoms with van der Waals surface area (Å²) < 4.78 is 0.